The first-order valence-electron chi connectivity index (χ1n) is 6.61. The third-order valence-corrected chi connectivity index (χ3v) is 3.35. The Labute approximate surface area is 123 Å². The highest BCUT2D eigenvalue weighted by molar-refractivity contribution is 5.28. The van der Waals surface area contributed by atoms with E-state index in [9.17, 15) is 14.9 Å². The van der Waals surface area contributed by atoms with Crippen molar-refractivity contribution in [2.75, 3.05) is 0 Å². The molecule has 0 spiro atoms. The van der Waals surface area contributed by atoms with Gasteiger partial charge < -0.3 is 0 Å². The Kier molecular flexibility index (Phi) is 4.64. The molecule has 0 fully saturated rings. The Morgan fingerprint density at radius 1 is 1.10 bits per heavy atom. The molecule has 1 heterocycles. The fourth-order valence-corrected chi connectivity index (χ4v) is 2.29. The molecule has 0 aliphatic carbocycles. The SMILES string of the molecule is Cc1cccc(CC(c2ccc(F)cc2)C(C#N)C#N)n1. The van der Waals surface area contributed by atoms with Crippen molar-refractivity contribution in [3.05, 3.63) is 65.2 Å². The smallest absolute Gasteiger partial charge is 0.140 e. The van der Waals surface area contributed by atoms with Crippen molar-refractivity contribution in [1.29, 1.82) is 10.5 Å². The molecule has 104 valence electrons. The zero-order valence-corrected chi connectivity index (χ0v) is 11.6. The molecule has 0 amide bonds. The summed E-state index contributed by atoms with van der Waals surface area (Å²) in [6.07, 6.45) is 0.471. The molecular formula is C17H14FN3. The third kappa shape index (κ3) is 3.64. The Morgan fingerprint density at radius 3 is 2.33 bits per heavy atom. The van der Waals surface area contributed by atoms with Crippen molar-refractivity contribution in [1.82, 2.24) is 4.98 Å². The number of benzene rings is 1. The molecule has 4 heteroatoms. The topological polar surface area (TPSA) is 60.5 Å². The second kappa shape index (κ2) is 6.63. The lowest BCUT2D eigenvalue weighted by molar-refractivity contribution is 0.592. The maximum absolute atomic E-state index is 13.1. The van der Waals surface area contributed by atoms with Gasteiger partial charge in [-0.2, -0.15) is 10.5 Å². The fourth-order valence-electron chi connectivity index (χ4n) is 2.29. The number of halogens is 1. The Hall–Kier alpha value is -2.72. The molecule has 1 aromatic carbocycles. The third-order valence-electron chi connectivity index (χ3n) is 3.35. The molecule has 0 saturated heterocycles. The van der Waals surface area contributed by atoms with E-state index in [-0.39, 0.29) is 11.7 Å². The predicted molar refractivity (Wildman–Crippen MR) is 76.5 cm³/mol. The molecule has 0 aliphatic heterocycles. The fraction of sp³-hybridized carbons (Fsp3) is 0.235. The van der Waals surface area contributed by atoms with E-state index < -0.39 is 5.92 Å². The summed E-state index contributed by atoms with van der Waals surface area (Å²) in [7, 11) is 0. The molecule has 1 unspecified atom stereocenters. The summed E-state index contributed by atoms with van der Waals surface area (Å²) in [5, 5.41) is 18.4. The Balaban J connectivity index is 2.35. The van der Waals surface area contributed by atoms with Gasteiger partial charge in [0.15, 0.2) is 0 Å². The van der Waals surface area contributed by atoms with E-state index in [1.54, 1.807) is 12.1 Å². The second-order valence-electron chi connectivity index (χ2n) is 4.87. The normalized spacial score (nSPS) is 11.7. The number of hydrogen-bond donors (Lipinski definition) is 0. The predicted octanol–water partition coefficient (Wildman–Crippen LogP) is 3.52. The number of pyridine rings is 1. The maximum Gasteiger partial charge on any atom is 0.140 e. The van der Waals surface area contributed by atoms with Crippen LogP contribution in [-0.2, 0) is 6.42 Å². The van der Waals surface area contributed by atoms with Crippen LogP contribution in [0.25, 0.3) is 0 Å². The van der Waals surface area contributed by atoms with Gasteiger partial charge in [0.05, 0.1) is 12.1 Å². The second-order valence-corrected chi connectivity index (χ2v) is 4.87. The number of hydrogen-bond acceptors (Lipinski definition) is 3. The molecular weight excluding hydrogens is 265 g/mol. The Morgan fingerprint density at radius 2 is 1.76 bits per heavy atom. The van der Waals surface area contributed by atoms with Gasteiger partial charge in [-0.05, 0) is 43.2 Å². The van der Waals surface area contributed by atoms with E-state index in [1.165, 1.54) is 12.1 Å². The summed E-state index contributed by atoms with van der Waals surface area (Å²) in [5.74, 6) is -1.45. The summed E-state index contributed by atoms with van der Waals surface area (Å²) in [6, 6.07) is 15.6. The molecule has 0 bridgehead atoms. The lowest BCUT2D eigenvalue weighted by Crippen LogP contribution is -2.14. The molecule has 1 aromatic heterocycles. The van der Waals surface area contributed by atoms with Gasteiger partial charge in [0.25, 0.3) is 0 Å². The highest BCUT2D eigenvalue weighted by Crippen LogP contribution is 2.28. The number of nitrogens with zero attached hydrogens (tertiary/aromatic N) is 3. The summed E-state index contributed by atoms with van der Waals surface area (Å²) in [5.41, 5.74) is 2.48. The minimum Gasteiger partial charge on any atom is -0.258 e. The van der Waals surface area contributed by atoms with Crippen LogP contribution in [0.3, 0.4) is 0 Å². The van der Waals surface area contributed by atoms with Crippen LogP contribution < -0.4 is 0 Å². The Bertz CT molecular complexity index is 681. The first-order valence-corrected chi connectivity index (χ1v) is 6.61. The van der Waals surface area contributed by atoms with Crippen LogP contribution in [0, 0.1) is 41.3 Å². The van der Waals surface area contributed by atoms with Crippen LogP contribution in [-0.4, -0.2) is 4.98 Å². The number of aromatic nitrogens is 1. The van der Waals surface area contributed by atoms with Gasteiger partial charge in [-0.1, -0.05) is 18.2 Å². The molecule has 0 aliphatic rings. The first kappa shape index (κ1) is 14.7. The standard InChI is InChI=1S/C17H14FN3/c1-12-3-2-4-16(21-12)9-17(14(10-19)11-20)13-5-7-15(18)8-6-13/h2-8,14,17H,9H2,1H3. The lowest BCUT2D eigenvalue weighted by Gasteiger charge is -2.17. The lowest BCUT2D eigenvalue weighted by atomic mass is 9.84. The first-order chi connectivity index (χ1) is 10.1. The van der Waals surface area contributed by atoms with Crippen molar-refractivity contribution in [3.8, 4) is 12.1 Å². The van der Waals surface area contributed by atoms with Crippen molar-refractivity contribution in [2.45, 2.75) is 19.3 Å². The molecule has 2 rings (SSSR count). The van der Waals surface area contributed by atoms with Gasteiger partial charge in [0.2, 0.25) is 0 Å². The highest BCUT2D eigenvalue weighted by atomic mass is 19.1. The number of nitriles is 2. The largest absolute Gasteiger partial charge is 0.258 e. The van der Waals surface area contributed by atoms with E-state index >= 15 is 0 Å². The van der Waals surface area contributed by atoms with Gasteiger partial charge in [0, 0.05) is 17.3 Å². The molecule has 0 saturated carbocycles. The molecule has 3 nitrogen and oxygen atoms in total. The van der Waals surface area contributed by atoms with Crippen LogP contribution in [0.1, 0.15) is 22.9 Å². The maximum atomic E-state index is 13.1. The van der Waals surface area contributed by atoms with E-state index in [0.29, 0.717) is 6.42 Å². The number of rotatable bonds is 4. The summed E-state index contributed by atoms with van der Waals surface area (Å²) in [6.45, 7) is 1.89. The molecule has 21 heavy (non-hydrogen) atoms. The van der Waals surface area contributed by atoms with E-state index in [2.05, 4.69) is 4.98 Å². The summed E-state index contributed by atoms with van der Waals surface area (Å²) >= 11 is 0. The molecule has 1 atom stereocenters. The monoisotopic (exact) mass is 279 g/mol. The van der Waals surface area contributed by atoms with Crippen LogP contribution in [0.2, 0.25) is 0 Å². The van der Waals surface area contributed by atoms with Crippen molar-refractivity contribution in [3.63, 3.8) is 0 Å². The average Bonchev–Trinajstić information content (AvgIpc) is 2.48. The van der Waals surface area contributed by atoms with E-state index in [4.69, 9.17) is 0 Å². The van der Waals surface area contributed by atoms with Crippen LogP contribution in [0.4, 0.5) is 4.39 Å². The van der Waals surface area contributed by atoms with Crippen molar-refractivity contribution < 1.29 is 4.39 Å². The zero-order chi connectivity index (χ0) is 15.2. The van der Waals surface area contributed by atoms with Gasteiger partial charge >= 0.3 is 0 Å². The van der Waals surface area contributed by atoms with Gasteiger partial charge in [-0.3, -0.25) is 4.98 Å². The summed E-state index contributed by atoms with van der Waals surface area (Å²) in [4.78, 5) is 4.41. The van der Waals surface area contributed by atoms with E-state index in [1.807, 2.05) is 37.3 Å². The minimum absolute atomic E-state index is 0.324. The van der Waals surface area contributed by atoms with Crippen molar-refractivity contribution in [2.24, 2.45) is 5.92 Å². The van der Waals surface area contributed by atoms with Crippen LogP contribution in [0.15, 0.2) is 42.5 Å². The van der Waals surface area contributed by atoms with Crippen molar-refractivity contribution >= 4 is 0 Å². The quantitative estimate of drug-likeness (QED) is 0.860. The number of aryl methyl sites for hydroxylation is 1. The zero-order valence-electron chi connectivity index (χ0n) is 11.6. The highest BCUT2D eigenvalue weighted by Gasteiger charge is 2.24. The van der Waals surface area contributed by atoms with E-state index in [0.717, 1.165) is 17.0 Å². The van der Waals surface area contributed by atoms with Crippen LogP contribution >= 0.6 is 0 Å². The van der Waals surface area contributed by atoms with Gasteiger partial charge in [-0.15, -0.1) is 0 Å². The minimum atomic E-state index is -0.794. The van der Waals surface area contributed by atoms with Gasteiger partial charge in [0.1, 0.15) is 11.7 Å². The van der Waals surface area contributed by atoms with Gasteiger partial charge in [-0.25, -0.2) is 4.39 Å². The molecule has 0 radical (unpaired) electrons. The summed E-state index contributed by atoms with van der Waals surface area (Å²) < 4.78 is 13.1. The molecule has 0 N–H and O–H groups in total. The molecule has 2 aromatic rings. The van der Waals surface area contributed by atoms with Crippen LogP contribution in [0.5, 0.6) is 0 Å². The average molecular weight is 279 g/mol.